The highest BCUT2D eigenvalue weighted by Crippen LogP contribution is 2.52. The van der Waals surface area contributed by atoms with Crippen molar-refractivity contribution in [3.8, 4) is 0 Å². The first-order valence-corrected chi connectivity index (χ1v) is 8.15. The molecule has 3 atom stereocenters. The number of methoxy groups -OCH3 is 1. The molecule has 0 aromatic heterocycles. The molecule has 6 heteroatoms. The number of carbonyl (C=O) groups excluding carboxylic acids is 2. The Morgan fingerprint density at radius 1 is 1.39 bits per heavy atom. The molecular formula is C17H28O6. The Kier molecular flexibility index (Phi) is 4.91. The van der Waals surface area contributed by atoms with Crippen molar-refractivity contribution in [2.45, 2.75) is 76.8 Å². The molecule has 132 valence electrons. The smallest absolute Gasteiger partial charge is 0.349 e. The quantitative estimate of drug-likeness (QED) is 0.438. The van der Waals surface area contributed by atoms with Gasteiger partial charge < -0.3 is 18.9 Å². The highest BCUT2D eigenvalue weighted by atomic mass is 16.7. The van der Waals surface area contributed by atoms with Gasteiger partial charge in [-0.3, -0.25) is 4.79 Å². The molecule has 2 bridgehead atoms. The highest BCUT2D eigenvalue weighted by molar-refractivity contribution is 6.09. The van der Waals surface area contributed by atoms with Crippen LogP contribution in [0.1, 0.15) is 53.9 Å². The number of ketones is 1. The van der Waals surface area contributed by atoms with Crippen LogP contribution in [0.4, 0.5) is 0 Å². The molecule has 2 aliphatic heterocycles. The number of esters is 1. The van der Waals surface area contributed by atoms with Gasteiger partial charge in [-0.1, -0.05) is 13.8 Å². The third kappa shape index (κ3) is 3.16. The van der Waals surface area contributed by atoms with Crippen LogP contribution in [-0.2, 0) is 28.5 Å². The molecule has 6 nitrogen and oxygen atoms in total. The molecule has 23 heavy (non-hydrogen) atoms. The second-order valence-corrected chi connectivity index (χ2v) is 7.75. The van der Waals surface area contributed by atoms with Crippen molar-refractivity contribution in [2.24, 2.45) is 5.92 Å². The van der Waals surface area contributed by atoms with Crippen molar-refractivity contribution >= 4 is 11.8 Å². The molecule has 0 amide bonds. The second kappa shape index (κ2) is 6.15. The molecule has 0 radical (unpaired) electrons. The van der Waals surface area contributed by atoms with E-state index in [-0.39, 0.29) is 18.5 Å². The fraction of sp³-hybridized carbons (Fsp3) is 0.882. The number of rotatable bonds is 5. The van der Waals surface area contributed by atoms with E-state index in [0.717, 1.165) is 0 Å². The van der Waals surface area contributed by atoms with Crippen molar-refractivity contribution in [3.63, 3.8) is 0 Å². The lowest BCUT2D eigenvalue weighted by atomic mass is 9.83. The van der Waals surface area contributed by atoms with Crippen LogP contribution < -0.4 is 0 Å². The molecule has 2 aliphatic rings. The third-order valence-electron chi connectivity index (χ3n) is 4.68. The lowest BCUT2D eigenvalue weighted by Gasteiger charge is -2.41. The fourth-order valence-electron chi connectivity index (χ4n) is 3.40. The fourth-order valence-corrected chi connectivity index (χ4v) is 3.40. The molecule has 2 rings (SSSR count). The van der Waals surface area contributed by atoms with Crippen LogP contribution in [0.25, 0.3) is 0 Å². The van der Waals surface area contributed by atoms with Crippen LogP contribution in [0.3, 0.4) is 0 Å². The standard InChI is InChI=1S/C17H28O6/c1-11(2)16-8-7-12(18)17(23-16,13(9-16)21-10-20-6)14(19)22-15(3,4)5/h11,13H,7-10H2,1-6H3/t13-,16+,17-/m0/s1. The average Bonchev–Trinajstić information content (AvgIpc) is 2.72. The van der Waals surface area contributed by atoms with Gasteiger partial charge in [0.25, 0.3) is 5.60 Å². The van der Waals surface area contributed by atoms with Crippen molar-refractivity contribution in [1.82, 2.24) is 0 Å². The van der Waals surface area contributed by atoms with Gasteiger partial charge in [0, 0.05) is 20.0 Å². The van der Waals surface area contributed by atoms with Crippen LogP contribution in [0.15, 0.2) is 0 Å². The van der Waals surface area contributed by atoms with Crippen LogP contribution in [0.2, 0.25) is 0 Å². The molecular weight excluding hydrogens is 300 g/mol. The maximum absolute atomic E-state index is 12.9. The number of fused-ring (bicyclic) bond motifs is 2. The lowest BCUT2D eigenvalue weighted by molar-refractivity contribution is -0.217. The second-order valence-electron chi connectivity index (χ2n) is 7.75. The van der Waals surface area contributed by atoms with Crippen LogP contribution in [-0.4, -0.2) is 48.6 Å². The maximum atomic E-state index is 12.9. The molecule has 0 aromatic rings. The van der Waals surface area contributed by atoms with E-state index in [0.29, 0.717) is 19.3 Å². The zero-order valence-corrected chi connectivity index (χ0v) is 14.9. The van der Waals surface area contributed by atoms with Crippen LogP contribution in [0.5, 0.6) is 0 Å². The summed E-state index contributed by atoms with van der Waals surface area (Å²) in [6.45, 7) is 9.38. The first-order valence-electron chi connectivity index (χ1n) is 8.15. The minimum absolute atomic E-state index is 0.0000295. The van der Waals surface area contributed by atoms with Crippen molar-refractivity contribution in [1.29, 1.82) is 0 Å². The summed E-state index contributed by atoms with van der Waals surface area (Å²) in [6.07, 6.45) is 0.694. The number of Topliss-reactive ketones (excluding diaryl/α,β-unsaturated/α-hetero) is 1. The highest BCUT2D eigenvalue weighted by Gasteiger charge is 2.69. The van der Waals surface area contributed by atoms with Gasteiger partial charge in [-0.25, -0.2) is 4.79 Å². The largest absolute Gasteiger partial charge is 0.457 e. The van der Waals surface area contributed by atoms with Gasteiger partial charge in [0.05, 0.1) is 5.60 Å². The molecule has 2 heterocycles. The zero-order valence-electron chi connectivity index (χ0n) is 14.9. The summed E-state index contributed by atoms with van der Waals surface area (Å²) in [4.78, 5) is 25.5. The minimum atomic E-state index is -1.67. The van der Waals surface area contributed by atoms with E-state index in [1.165, 1.54) is 7.11 Å². The number of carbonyl (C=O) groups is 2. The Balaban J connectivity index is 2.40. The number of hydrogen-bond donors (Lipinski definition) is 0. The van der Waals surface area contributed by atoms with E-state index < -0.39 is 28.9 Å². The van der Waals surface area contributed by atoms with E-state index in [9.17, 15) is 9.59 Å². The molecule has 0 saturated carbocycles. The molecule has 0 spiro atoms. The van der Waals surface area contributed by atoms with E-state index >= 15 is 0 Å². The summed E-state index contributed by atoms with van der Waals surface area (Å²) in [6, 6.07) is 0. The third-order valence-corrected chi connectivity index (χ3v) is 4.68. The topological polar surface area (TPSA) is 71.1 Å². The first kappa shape index (κ1) is 18.4. The van der Waals surface area contributed by atoms with Crippen LogP contribution >= 0.6 is 0 Å². The summed E-state index contributed by atoms with van der Waals surface area (Å²) in [7, 11) is 1.50. The van der Waals surface area contributed by atoms with E-state index in [1.807, 2.05) is 13.8 Å². The maximum Gasteiger partial charge on any atom is 0.349 e. The Bertz CT molecular complexity index is 480. The van der Waals surface area contributed by atoms with Crippen molar-refractivity contribution < 1.29 is 28.5 Å². The molecule has 2 fully saturated rings. The molecule has 2 saturated heterocycles. The van der Waals surface area contributed by atoms with Gasteiger partial charge in [0.1, 0.15) is 18.5 Å². The van der Waals surface area contributed by atoms with E-state index in [2.05, 4.69) is 0 Å². The molecule has 0 N–H and O–H groups in total. The predicted octanol–water partition coefficient (Wildman–Crippen LogP) is 2.23. The monoisotopic (exact) mass is 328 g/mol. The Morgan fingerprint density at radius 3 is 2.57 bits per heavy atom. The SMILES string of the molecule is COCO[C@H]1C[C@@]2(C(C)C)CCC(=O)[C@]1(C(=O)OC(C)(C)C)O2. The molecule has 0 unspecified atom stereocenters. The Hall–Kier alpha value is -0.980. The first-order chi connectivity index (χ1) is 10.6. The van der Waals surface area contributed by atoms with Gasteiger partial charge in [0.15, 0.2) is 5.78 Å². The average molecular weight is 328 g/mol. The van der Waals surface area contributed by atoms with Gasteiger partial charge in [-0.05, 0) is 33.1 Å². The normalized spacial score (nSPS) is 34.0. The minimum Gasteiger partial charge on any atom is -0.457 e. The summed E-state index contributed by atoms with van der Waals surface area (Å²) in [5, 5.41) is 0. The molecule has 0 aliphatic carbocycles. The summed E-state index contributed by atoms with van der Waals surface area (Å²) in [5.41, 5.74) is -2.92. The summed E-state index contributed by atoms with van der Waals surface area (Å²) in [5.74, 6) is -0.756. The number of ether oxygens (including phenoxy) is 4. The van der Waals surface area contributed by atoms with Gasteiger partial charge in [0.2, 0.25) is 0 Å². The van der Waals surface area contributed by atoms with Gasteiger partial charge >= 0.3 is 5.97 Å². The van der Waals surface area contributed by atoms with E-state index in [1.54, 1.807) is 20.8 Å². The summed E-state index contributed by atoms with van der Waals surface area (Å²) >= 11 is 0. The zero-order chi connectivity index (χ0) is 17.5. The predicted molar refractivity (Wildman–Crippen MR) is 82.8 cm³/mol. The van der Waals surface area contributed by atoms with Crippen LogP contribution in [0, 0.1) is 5.92 Å². The number of hydrogen-bond acceptors (Lipinski definition) is 6. The van der Waals surface area contributed by atoms with Gasteiger partial charge in [-0.2, -0.15) is 0 Å². The Morgan fingerprint density at radius 2 is 2.04 bits per heavy atom. The Labute approximate surface area is 137 Å². The summed E-state index contributed by atoms with van der Waals surface area (Å²) < 4.78 is 22.3. The molecule has 0 aromatic carbocycles. The van der Waals surface area contributed by atoms with Crippen molar-refractivity contribution in [2.75, 3.05) is 13.9 Å². The lowest BCUT2D eigenvalue weighted by Crippen LogP contribution is -2.60. The van der Waals surface area contributed by atoms with E-state index in [4.69, 9.17) is 18.9 Å². The van der Waals surface area contributed by atoms with Gasteiger partial charge in [-0.15, -0.1) is 0 Å². The van der Waals surface area contributed by atoms with Crippen molar-refractivity contribution in [3.05, 3.63) is 0 Å².